The smallest absolute Gasteiger partial charge is 0.305 e. The fourth-order valence-electron chi connectivity index (χ4n) is 2.11. The predicted octanol–water partition coefficient (Wildman–Crippen LogP) is 3.16. The first kappa shape index (κ1) is 16.5. The first-order valence-corrected chi connectivity index (χ1v) is 7.16. The molecule has 0 aliphatic heterocycles. The highest BCUT2D eigenvalue weighted by atomic mass is 35.5. The number of nitriles is 1. The summed E-state index contributed by atoms with van der Waals surface area (Å²) >= 11 is 6.09. The lowest BCUT2D eigenvalue weighted by molar-refractivity contribution is -0.137. The van der Waals surface area contributed by atoms with Crippen LogP contribution in [0.3, 0.4) is 0 Å². The van der Waals surface area contributed by atoms with Gasteiger partial charge in [0.1, 0.15) is 0 Å². The van der Waals surface area contributed by atoms with Gasteiger partial charge < -0.3 is 10.4 Å². The molecule has 0 fully saturated rings. The molecule has 6 heteroatoms. The van der Waals surface area contributed by atoms with Gasteiger partial charge in [0, 0.05) is 10.6 Å². The lowest BCUT2D eigenvalue weighted by Crippen LogP contribution is -2.30. The topological polar surface area (TPSA) is 90.2 Å². The number of hydrogen-bond donors (Lipinski definition) is 2. The Bertz CT molecular complexity index is 766. The Labute approximate surface area is 138 Å². The van der Waals surface area contributed by atoms with E-state index >= 15 is 0 Å². The molecule has 0 radical (unpaired) electrons. The summed E-state index contributed by atoms with van der Waals surface area (Å²) in [4.78, 5) is 23.4. The van der Waals surface area contributed by atoms with Crippen LogP contribution >= 0.6 is 11.6 Å². The maximum absolute atomic E-state index is 12.3. The molecule has 1 amide bonds. The summed E-state index contributed by atoms with van der Waals surface area (Å²) in [6.07, 6.45) is -0.286. The Morgan fingerprint density at radius 3 is 2.39 bits per heavy atom. The fraction of sp³-hybridized carbons (Fsp3) is 0.118. The van der Waals surface area contributed by atoms with Gasteiger partial charge in [-0.15, -0.1) is 0 Å². The van der Waals surface area contributed by atoms with Crippen molar-refractivity contribution in [1.82, 2.24) is 5.32 Å². The second-order valence-electron chi connectivity index (χ2n) is 4.83. The van der Waals surface area contributed by atoms with E-state index in [1.165, 1.54) is 24.3 Å². The van der Waals surface area contributed by atoms with Crippen LogP contribution < -0.4 is 5.32 Å². The summed E-state index contributed by atoms with van der Waals surface area (Å²) in [5, 5.41) is 20.9. The molecule has 2 N–H and O–H groups in total. The van der Waals surface area contributed by atoms with Crippen LogP contribution in [0, 0.1) is 11.3 Å². The maximum Gasteiger partial charge on any atom is 0.305 e. The number of carbonyl (C=O) groups is 2. The number of nitrogens with zero attached hydrogens (tertiary/aromatic N) is 1. The van der Waals surface area contributed by atoms with Crippen molar-refractivity contribution in [2.45, 2.75) is 12.5 Å². The van der Waals surface area contributed by atoms with E-state index in [1.807, 2.05) is 6.07 Å². The molecule has 2 rings (SSSR count). The molecule has 2 aromatic rings. The molecule has 0 aliphatic carbocycles. The molecule has 0 unspecified atom stereocenters. The van der Waals surface area contributed by atoms with Crippen LogP contribution in [0.4, 0.5) is 0 Å². The third-order valence-electron chi connectivity index (χ3n) is 3.24. The molecular weight excluding hydrogens is 316 g/mol. The summed E-state index contributed by atoms with van der Waals surface area (Å²) in [6.45, 7) is 0. The lowest BCUT2D eigenvalue weighted by atomic mass is 10.0. The van der Waals surface area contributed by atoms with E-state index in [0.29, 0.717) is 21.7 Å². The van der Waals surface area contributed by atoms with E-state index in [1.54, 1.807) is 24.3 Å². The van der Waals surface area contributed by atoms with Crippen molar-refractivity contribution >= 4 is 23.5 Å². The monoisotopic (exact) mass is 328 g/mol. The lowest BCUT2D eigenvalue weighted by Gasteiger charge is -2.18. The molecule has 0 aromatic heterocycles. The zero-order valence-electron chi connectivity index (χ0n) is 12.0. The van der Waals surface area contributed by atoms with Gasteiger partial charge >= 0.3 is 5.97 Å². The van der Waals surface area contributed by atoms with Crippen molar-refractivity contribution in [1.29, 1.82) is 5.26 Å². The second kappa shape index (κ2) is 7.43. The molecule has 0 heterocycles. The molecule has 23 heavy (non-hydrogen) atoms. The molecule has 0 spiro atoms. The number of halogens is 1. The third kappa shape index (κ3) is 4.31. The van der Waals surface area contributed by atoms with Crippen LogP contribution in [0.1, 0.15) is 33.9 Å². The van der Waals surface area contributed by atoms with E-state index in [0.717, 1.165) is 0 Å². The molecule has 1 atom stereocenters. The molecule has 0 saturated carbocycles. The van der Waals surface area contributed by atoms with Crippen molar-refractivity contribution in [3.05, 3.63) is 70.2 Å². The van der Waals surface area contributed by atoms with Crippen LogP contribution in [0.5, 0.6) is 0 Å². The van der Waals surface area contributed by atoms with Crippen LogP contribution in [0.25, 0.3) is 0 Å². The molecule has 0 bridgehead atoms. The van der Waals surface area contributed by atoms with Gasteiger partial charge in [-0.05, 0) is 35.9 Å². The molecule has 0 aliphatic rings. The fourth-order valence-corrected chi connectivity index (χ4v) is 2.38. The minimum absolute atomic E-state index is 0.286. The zero-order valence-corrected chi connectivity index (χ0v) is 12.7. The van der Waals surface area contributed by atoms with Crippen molar-refractivity contribution < 1.29 is 14.7 Å². The quantitative estimate of drug-likeness (QED) is 0.882. The first-order chi connectivity index (χ1) is 11.0. The highest BCUT2D eigenvalue weighted by Gasteiger charge is 2.20. The third-order valence-corrected chi connectivity index (χ3v) is 3.59. The maximum atomic E-state index is 12.3. The predicted molar refractivity (Wildman–Crippen MR) is 85.1 cm³/mol. The van der Waals surface area contributed by atoms with E-state index in [-0.39, 0.29) is 6.42 Å². The Hall–Kier alpha value is -2.84. The second-order valence-corrected chi connectivity index (χ2v) is 5.24. The van der Waals surface area contributed by atoms with E-state index < -0.39 is 17.9 Å². The minimum atomic E-state index is -1.05. The largest absolute Gasteiger partial charge is 0.481 e. The molecule has 2 aromatic carbocycles. The van der Waals surface area contributed by atoms with E-state index in [9.17, 15) is 9.59 Å². The van der Waals surface area contributed by atoms with Gasteiger partial charge in [-0.3, -0.25) is 9.59 Å². The Kier molecular flexibility index (Phi) is 5.34. The van der Waals surface area contributed by atoms with Crippen LogP contribution in [0.15, 0.2) is 48.5 Å². The number of nitrogens with one attached hydrogen (secondary N) is 1. The number of carbonyl (C=O) groups excluding carboxylic acids is 1. The van der Waals surface area contributed by atoms with E-state index in [4.69, 9.17) is 22.0 Å². The van der Waals surface area contributed by atoms with Gasteiger partial charge in [0.25, 0.3) is 5.91 Å². The number of carboxylic acid groups (broad SMARTS) is 1. The summed E-state index contributed by atoms with van der Waals surface area (Å²) in [7, 11) is 0. The first-order valence-electron chi connectivity index (χ1n) is 6.78. The number of carboxylic acids is 1. The van der Waals surface area contributed by atoms with Crippen molar-refractivity contribution in [3.63, 3.8) is 0 Å². The van der Waals surface area contributed by atoms with Gasteiger partial charge in [-0.2, -0.15) is 5.26 Å². The Balaban J connectivity index is 2.23. The number of rotatable bonds is 5. The summed E-state index contributed by atoms with van der Waals surface area (Å²) < 4.78 is 0. The summed E-state index contributed by atoms with van der Waals surface area (Å²) in [5.74, 6) is -1.48. The average molecular weight is 329 g/mol. The average Bonchev–Trinajstić information content (AvgIpc) is 2.54. The highest BCUT2D eigenvalue weighted by molar-refractivity contribution is 6.31. The van der Waals surface area contributed by atoms with Crippen molar-refractivity contribution in [2.24, 2.45) is 0 Å². The van der Waals surface area contributed by atoms with Gasteiger partial charge in [0.15, 0.2) is 0 Å². The normalized spacial score (nSPS) is 11.3. The van der Waals surface area contributed by atoms with Crippen LogP contribution in [-0.2, 0) is 4.79 Å². The molecular formula is C17H13ClN2O3. The van der Waals surface area contributed by atoms with Crippen LogP contribution in [0.2, 0.25) is 5.02 Å². The molecule has 0 saturated heterocycles. The van der Waals surface area contributed by atoms with Gasteiger partial charge in [0.2, 0.25) is 0 Å². The Morgan fingerprint density at radius 1 is 1.17 bits per heavy atom. The van der Waals surface area contributed by atoms with E-state index in [2.05, 4.69) is 5.32 Å². The standard InChI is InChI=1S/C17H13ClN2O3/c18-14-4-2-1-3-13(14)15(9-16(21)22)20-17(23)12-7-5-11(10-19)6-8-12/h1-8,15H,9H2,(H,20,23)(H,21,22)/t15-/m0/s1. The summed E-state index contributed by atoms with van der Waals surface area (Å²) in [5.41, 5.74) is 1.32. The van der Waals surface area contributed by atoms with Gasteiger partial charge in [-0.1, -0.05) is 29.8 Å². The van der Waals surface area contributed by atoms with Gasteiger partial charge in [-0.25, -0.2) is 0 Å². The van der Waals surface area contributed by atoms with Crippen molar-refractivity contribution in [2.75, 3.05) is 0 Å². The number of hydrogen-bond acceptors (Lipinski definition) is 3. The number of amides is 1. The van der Waals surface area contributed by atoms with Crippen molar-refractivity contribution in [3.8, 4) is 6.07 Å². The number of aliphatic carboxylic acids is 1. The van der Waals surface area contributed by atoms with Crippen LogP contribution in [-0.4, -0.2) is 17.0 Å². The Morgan fingerprint density at radius 2 is 1.83 bits per heavy atom. The summed E-state index contributed by atoms with van der Waals surface area (Å²) in [6, 6.07) is 14.1. The SMILES string of the molecule is N#Cc1ccc(C(=O)N[C@@H](CC(=O)O)c2ccccc2Cl)cc1. The highest BCUT2D eigenvalue weighted by Crippen LogP contribution is 2.25. The van der Waals surface area contributed by atoms with Gasteiger partial charge in [0.05, 0.1) is 24.1 Å². The number of benzene rings is 2. The molecule has 5 nitrogen and oxygen atoms in total. The molecule has 116 valence electrons. The zero-order chi connectivity index (χ0) is 16.8. The minimum Gasteiger partial charge on any atom is -0.481 e.